The van der Waals surface area contributed by atoms with E-state index in [0.717, 1.165) is 11.3 Å². The molecule has 0 unspecified atom stereocenters. The van der Waals surface area contributed by atoms with Crippen LogP contribution in [0.2, 0.25) is 0 Å². The molecule has 0 saturated heterocycles. The topological polar surface area (TPSA) is 20.7 Å². The monoisotopic (exact) mass is 230 g/mol. The Balaban J connectivity index is 2.73. The van der Waals surface area contributed by atoms with Crippen LogP contribution in [0.25, 0.3) is 0 Å². The highest BCUT2D eigenvalue weighted by molar-refractivity contribution is 7.98. The van der Waals surface area contributed by atoms with Crippen LogP contribution in [0.4, 0.5) is 0 Å². The lowest BCUT2D eigenvalue weighted by atomic mass is 10.1. The highest BCUT2D eigenvalue weighted by Crippen LogP contribution is 2.15. The minimum Gasteiger partial charge on any atom is -0.337 e. The molecule has 0 amide bonds. The molecule has 0 atom stereocenters. The lowest BCUT2D eigenvalue weighted by molar-refractivity contribution is 0.619. The van der Waals surface area contributed by atoms with Crippen LogP contribution in [-0.4, -0.2) is 21.6 Å². The van der Waals surface area contributed by atoms with Gasteiger partial charge in [0.25, 0.3) is 0 Å². The quantitative estimate of drug-likeness (QED) is 0.618. The molecule has 1 heterocycles. The van der Waals surface area contributed by atoms with Gasteiger partial charge in [-0.3, -0.25) is 0 Å². The molecular weight excluding hydrogens is 212 g/mol. The molecule has 0 aliphatic heterocycles. The second kappa shape index (κ2) is 5.61. The summed E-state index contributed by atoms with van der Waals surface area (Å²) < 4.78 is 3.07. The Morgan fingerprint density at radius 2 is 2.29 bits per heavy atom. The Morgan fingerprint density at radius 1 is 1.57 bits per heavy atom. The van der Waals surface area contributed by atoms with Crippen molar-refractivity contribution in [2.24, 2.45) is 0 Å². The van der Waals surface area contributed by atoms with Gasteiger partial charge in [-0.15, -0.1) is 0 Å². The van der Waals surface area contributed by atoms with Crippen molar-refractivity contribution in [2.45, 2.75) is 32.7 Å². The predicted octanol–water partition coefficient (Wildman–Crippen LogP) is 3.42. The fraction of sp³-hybridized carbons (Fsp3) is 0.700. The molecule has 80 valence electrons. The third kappa shape index (κ3) is 2.89. The standard InChI is InChI=1S/C10H18N2S2/c1-8(2)9-7-11-10(13)12(9)5-4-6-14-3/h7-8H,4-6H2,1-3H3,(H,11,13). The lowest BCUT2D eigenvalue weighted by Crippen LogP contribution is -2.05. The van der Waals surface area contributed by atoms with Crippen molar-refractivity contribution >= 4 is 24.0 Å². The highest BCUT2D eigenvalue weighted by atomic mass is 32.2. The minimum absolute atomic E-state index is 0.539. The van der Waals surface area contributed by atoms with Crippen molar-refractivity contribution < 1.29 is 0 Å². The Bertz CT molecular complexity index is 325. The summed E-state index contributed by atoms with van der Waals surface area (Å²) in [5.41, 5.74) is 1.32. The molecule has 0 fully saturated rings. The van der Waals surface area contributed by atoms with Gasteiger partial charge in [-0.25, -0.2) is 0 Å². The number of nitrogens with zero attached hydrogens (tertiary/aromatic N) is 1. The number of aromatic nitrogens is 2. The zero-order chi connectivity index (χ0) is 10.6. The molecule has 0 aromatic carbocycles. The number of aromatic amines is 1. The molecule has 0 bridgehead atoms. The van der Waals surface area contributed by atoms with E-state index in [1.54, 1.807) is 0 Å². The van der Waals surface area contributed by atoms with Gasteiger partial charge in [0, 0.05) is 18.4 Å². The average molecular weight is 230 g/mol. The summed E-state index contributed by atoms with van der Waals surface area (Å²) in [6.07, 6.45) is 5.36. The Kier molecular flexibility index (Phi) is 4.75. The zero-order valence-corrected chi connectivity index (χ0v) is 10.7. The summed E-state index contributed by atoms with van der Waals surface area (Å²) in [6.45, 7) is 5.43. The number of imidazole rings is 1. The number of nitrogens with one attached hydrogen (secondary N) is 1. The van der Waals surface area contributed by atoms with Crippen molar-refractivity contribution in [2.75, 3.05) is 12.0 Å². The van der Waals surface area contributed by atoms with Gasteiger partial charge >= 0.3 is 0 Å². The molecule has 14 heavy (non-hydrogen) atoms. The van der Waals surface area contributed by atoms with Gasteiger partial charge in [-0.05, 0) is 36.6 Å². The summed E-state index contributed by atoms with van der Waals surface area (Å²) in [7, 11) is 0. The van der Waals surface area contributed by atoms with E-state index in [4.69, 9.17) is 12.2 Å². The van der Waals surface area contributed by atoms with Crippen molar-refractivity contribution in [3.8, 4) is 0 Å². The fourth-order valence-electron chi connectivity index (χ4n) is 1.48. The minimum atomic E-state index is 0.539. The molecular formula is C10H18N2S2. The molecule has 4 heteroatoms. The van der Waals surface area contributed by atoms with Gasteiger partial charge in [0.1, 0.15) is 0 Å². The van der Waals surface area contributed by atoms with Gasteiger partial charge in [0.15, 0.2) is 4.77 Å². The smallest absolute Gasteiger partial charge is 0.177 e. The fourth-order valence-corrected chi connectivity index (χ4v) is 2.16. The van der Waals surface area contributed by atoms with Gasteiger partial charge in [-0.2, -0.15) is 11.8 Å². The summed E-state index contributed by atoms with van der Waals surface area (Å²) in [5.74, 6) is 1.74. The maximum absolute atomic E-state index is 5.24. The SMILES string of the molecule is CSCCCn1c(C(C)C)c[nH]c1=S. The predicted molar refractivity (Wildman–Crippen MR) is 66.7 cm³/mol. The third-order valence-electron chi connectivity index (χ3n) is 2.22. The van der Waals surface area contributed by atoms with Crippen LogP contribution >= 0.6 is 24.0 Å². The van der Waals surface area contributed by atoms with Gasteiger partial charge in [0.2, 0.25) is 0 Å². The second-order valence-corrected chi connectivity index (χ2v) is 5.04. The largest absolute Gasteiger partial charge is 0.337 e. The summed E-state index contributed by atoms with van der Waals surface area (Å²) in [5, 5.41) is 0. The first-order chi connectivity index (χ1) is 6.66. The van der Waals surface area contributed by atoms with Gasteiger partial charge < -0.3 is 9.55 Å². The molecule has 1 rings (SSSR count). The zero-order valence-electron chi connectivity index (χ0n) is 9.04. The van der Waals surface area contributed by atoms with Gasteiger partial charge in [-0.1, -0.05) is 13.8 Å². The van der Waals surface area contributed by atoms with Crippen LogP contribution in [0, 0.1) is 4.77 Å². The number of hydrogen-bond donors (Lipinski definition) is 1. The van der Waals surface area contributed by atoms with Crippen molar-refractivity contribution in [1.82, 2.24) is 9.55 Å². The molecule has 0 saturated carbocycles. The average Bonchev–Trinajstić information content (AvgIpc) is 2.48. The van der Waals surface area contributed by atoms with Crippen LogP contribution in [0.5, 0.6) is 0 Å². The van der Waals surface area contributed by atoms with Crippen LogP contribution in [0.15, 0.2) is 6.20 Å². The van der Waals surface area contributed by atoms with Crippen LogP contribution in [-0.2, 0) is 6.54 Å². The lowest BCUT2D eigenvalue weighted by Gasteiger charge is -2.10. The Hall–Kier alpha value is -0.220. The summed E-state index contributed by atoms with van der Waals surface area (Å²) in [4.78, 5) is 3.12. The third-order valence-corrected chi connectivity index (χ3v) is 3.26. The van der Waals surface area contributed by atoms with Crippen LogP contribution < -0.4 is 0 Å². The van der Waals surface area contributed by atoms with Crippen molar-refractivity contribution in [3.63, 3.8) is 0 Å². The molecule has 0 spiro atoms. The van der Waals surface area contributed by atoms with E-state index >= 15 is 0 Å². The summed E-state index contributed by atoms with van der Waals surface area (Å²) in [6, 6.07) is 0. The normalized spacial score (nSPS) is 11.1. The molecule has 0 aliphatic rings. The van der Waals surface area contributed by atoms with Crippen molar-refractivity contribution in [1.29, 1.82) is 0 Å². The molecule has 0 aliphatic carbocycles. The first-order valence-corrected chi connectivity index (χ1v) is 6.74. The Labute approximate surface area is 95.1 Å². The maximum atomic E-state index is 5.24. The molecule has 0 radical (unpaired) electrons. The van der Waals surface area contributed by atoms with E-state index in [-0.39, 0.29) is 0 Å². The second-order valence-electron chi connectivity index (χ2n) is 3.67. The van der Waals surface area contributed by atoms with Crippen LogP contribution in [0.1, 0.15) is 31.9 Å². The van der Waals surface area contributed by atoms with E-state index in [1.807, 2.05) is 18.0 Å². The number of H-pyrrole nitrogens is 1. The van der Waals surface area contributed by atoms with Gasteiger partial charge in [0.05, 0.1) is 0 Å². The summed E-state index contributed by atoms with van der Waals surface area (Å²) >= 11 is 7.13. The van der Waals surface area contributed by atoms with E-state index in [2.05, 4.69) is 29.7 Å². The van der Waals surface area contributed by atoms with E-state index in [0.29, 0.717) is 5.92 Å². The molecule has 1 aromatic rings. The molecule has 1 aromatic heterocycles. The number of thioether (sulfide) groups is 1. The van der Waals surface area contributed by atoms with Crippen molar-refractivity contribution in [3.05, 3.63) is 16.7 Å². The molecule has 2 nitrogen and oxygen atoms in total. The highest BCUT2D eigenvalue weighted by Gasteiger charge is 2.06. The maximum Gasteiger partial charge on any atom is 0.177 e. The van der Waals surface area contributed by atoms with E-state index in [1.165, 1.54) is 17.9 Å². The van der Waals surface area contributed by atoms with E-state index in [9.17, 15) is 0 Å². The number of hydrogen-bond acceptors (Lipinski definition) is 2. The van der Waals surface area contributed by atoms with E-state index < -0.39 is 0 Å². The number of rotatable bonds is 5. The van der Waals surface area contributed by atoms with Crippen LogP contribution in [0.3, 0.4) is 0 Å². The molecule has 1 N–H and O–H groups in total. The first-order valence-electron chi connectivity index (χ1n) is 4.94. The Morgan fingerprint density at radius 3 is 2.86 bits per heavy atom. The first kappa shape index (κ1) is 11.9.